The number of fused-ring (bicyclic) bond motifs is 1. The van der Waals surface area contributed by atoms with Crippen molar-refractivity contribution in [1.29, 1.82) is 0 Å². The van der Waals surface area contributed by atoms with Crippen molar-refractivity contribution in [3.63, 3.8) is 0 Å². The number of nitrogens with zero attached hydrogens (tertiary/aromatic N) is 2. The van der Waals surface area contributed by atoms with Crippen LogP contribution in [0.4, 0.5) is 0 Å². The minimum absolute atomic E-state index is 0.00830. The van der Waals surface area contributed by atoms with Crippen molar-refractivity contribution in [2.45, 2.75) is 71.3 Å². The number of likely N-dealkylation sites (N-methyl/N-ethyl adjacent to an activating group) is 1. The largest absolute Gasteiger partial charge is 0.353 e. The molecule has 1 unspecified atom stereocenters. The summed E-state index contributed by atoms with van der Waals surface area (Å²) in [4.78, 5) is 45.6. The summed E-state index contributed by atoms with van der Waals surface area (Å²) in [6.45, 7) is 10.6. The van der Waals surface area contributed by atoms with E-state index < -0.39 is 5.92 Å². The van der Waals surface area contributed by atoms with E-state index in [0.29, 0.717) is 50.1 Å². The molecule has 0 saturated heterocycles. The third kappa shape index (κ3) is 9.49. The van der Waals surface area contributed by atoms with Crippen LogP contribution >= 0.6 is 11.3 Å². The highest BCUT2D eigenvalue weighted by molar-refractivity contribution is 7.18. The lowest BCUT2D eigenvalue weighted by Crippen LogP contribution is -2.41. The second-order valence-corrected chi connectivity index (χ2v) is 12.3. The summed E-state index contributed by atoms with van der Waals surface area (Å²) >= 11 is 1.59. The minimum Gasteiger partial charge on any atom is -0.353 e. The van der Waals surface area contributed by atoms with Gasteiger partial charge in [0, 0.05) is 43.8 Å². The van der Waals surface area contributed by atoms with Gasteiger partial charge in [0.25, 0.3) is 0 Å². The molecule has 0 spiro atoms. The number of ketones is 2. The van der Waals surface area contributed by atoms with E-state index in [2.05, 4.69) is 37.9 Å². The number of thiazole rings is 1. The molecule has 0 saturated carbocycles. The molecule has 214 valence electrons. The van der Waals surface area contributed by atoms with Gasteiger partial charge in [0.05, 0.1) is 21.1 Å². The summed E-state index contributed by atoms with van der Waals surface area (Å²) < 4.78 is 1.10. The van der Waals surface area contributed by atoms with Gasteiger partial charge in [-0.3, -0.25) is 14.4 Å². The molecule has 0 aliphatic heterocycles. The SMILES string of the molecule is C=C(CN(C)C)C(=O)CCC(Cc1ccccc1)NC(=O)[C@@H](CC(=O)CC)Cc1nc2ccc(C(C)C)cc2s1. The number of carbonyl (C=O) groups is 3. The van der Waals surface area contributed by atoms with Crippen LogP contribution in [0.1, 0.15) is 68.5 Å². The lowest BCUT2D eigenvalue weighted by Gasteiger charge is -2.23. The first-order chi connectivity index (χ1) is 19.0. The zero-order valence-corrected chi connectivity index (χ0v) is 25.4. The highest BCUT2D eigenvalue weighted by atomic mass is 32.1. The second-order valence-electron chi connectivity index (χ2n) is 11.2. The first-order valence-electron chi connectivity index (χ1n) is 14.2. The van der Waals surface area contributed by atoms with Gasteiger partial charge in [0.2, 0.25) is 5.91 Å². The van der Waals surface area contributed by atoms with Crippen molar-refractivity contribution >= 4 is 39.0 Å². The van der Waals surface area contributed by atoms with E-state index in [4.69, 9.17) is 4.98 Å². The van der Waals surface area contributed by atoms with Crippen LogP contribution in [0.15, 0.2) is 60.7 Å². The Morgan fingerprint density at radius 2 is 1.77 bits per heavy atom. The number of rotatable bonds is 16. The molecule has 0 radical (unpaired) electrons. The number of amides is 1. The molecule has 0 fully saturated rings. The van der Waals surface area contributed by atoms with Crippen molar-refractivity contribution in [2.24, 2.45) is 5.92 Å². The Labute approximate surface area is 242 Å². The molecular weight excluding hydrogens is 518 g/mol. The molecule has 0 bridgehead atoms. The Balaban J connectivity index is 1.78. The summed E-state index contributed by atoms with van der Waals surface area (Å²) in [6, 6.07) is 16.0. The van der Waals surface area contributed by atoms with Gasteiger partial charge in [-0.1, -0.05) is 63.7 Å². The van der Waals surface area contributed by atoms with E-state index in [1.807, 2.05) is 62.3 Å². The Morgan fingerprint density at radius 1 is 1.05 bits per heavy atom. The summed E-state index contributed by atoms with van der Waals surface area (Å²) in [6.07, 6.45) is 2.38. The van der Waals surface area contributed by atoms with Crippen LogP contribution in [0.25, 0.3) is 10.2 Å². The lowest BCUT2D eigenvalue weighted by atomic mass is 9.94. The van der Waals surface area contributed by atoms with Crippen LogP contribution in [-0.4, -0.2) is 54.0 Å². The van der Waals surface area contributed by atoms with E-state index >= 15 is 0 Å². The second kappa shape index (κ2) is 15.0. The average molecular weight is 562 g/mol. The van der Waals surface area contributed by atoms with E-state index in [1.165, 1.54) is 5.56 Å². The molecule has 1 N–H and O–H groups in total. The monoisotopic (exact) mass is 561 g/mol. The van der Waals surface area contributed by atoms with Crippen molar-refractivity contribution in [3.05, 3.63) is 76.8 Å². The summed E-state index contributed by atoms with van der Waals surface area (Å²) in [5.74, 6) is -0.198. The van der Waals surface area contributed by atoms with Gasteiger partial charge in [-0.25, -0.2) is 4.98 Å². The van der Waals surface area contributed by atoms with Gasteiger partial charge < -0.3 is 10.2 Å². The highest BCUT2D eigenvalue weighted by Crippen LogP contribution is 2.28. The Hall–Kier alpha value is -3.16. The number of hydrogen-bond donors (Lipinski definition) is 1. The van der Waals surface area contributed by atoms with Crippen molar-refractivity contribution in [2.75, 3.05) is 20.6 Å². The fourth-order valence-corrected chi connectivity index (χ4v) is 5.81. The summed E-state index contributed by atoms with van der Waals surface area (Å²) in [5, 5.41) is 4.06. The maximum Gasteiger partial charge on any atom is 0.224 e. The molecule has 2 aromatic carbocycles. The highest BCUT2D eigenvalue weighted by Gasteiger charge is 2.26. The molecule has 3 rings (SSSR count). The van der Waals surface area contributed by atoms with Gasteiger partial charge in [-0.15, -0.1) is 11.3 Å². The van der Waals surface area contributed by atoms with Crippen LogP contribution in [0.2, 0.25) is 0 Å². The molecule has 3 aromatic rings. The van der Waals surface area contributed by atoms with E-state index in [-0.39, 0.29) is 29.9 Å². The third-order valence-corrected chi connectivity index (χ3v) is 8.12. The van der Waals surface area contributed by atoms with E-state index in [1.54, 1.807) is 11.3 Å². The Bertz CT molecular complexity index is 1310. The number of aromatic nitrogens is 1. The first kappa shape index (κ1) is 31.4. The van der Waals surface area contributed by atoms with Gasteiger partial charge >= 0.3 is 0 Å². The van der Waals surface area contributed by atoms with Crippen molar-refractivity contribution in [3.8, 4) is 0 Å². The van der Waals surface area contributed by atoms with Crippen LogP contribution in [0.5, 0.6) is 0 Å². The lowest BCUT2D eigenvalue weighted by molar-refractivity contribution is -0.130. The summed E-state index contributed by atoms with van der Waals surface area (Å²) in [5.41, 5.74) is 3.83. The summed E-state index contributed by atoms with van der Waals surface area (Å²) in [7, 11) is 3.81. The van der Waals surface area contributed by atoms with Crippen molar-refractivity contribution in [1.82, 2.24) is 15.2 Å². The van der Waals surface area contributed by atoms with Crippen LogP contribution in [0, 0.1) is 5.92 Å². The van der Waals surface area contributed by atoms with Crippen molar-refractivity contribution < 1.29 is 14.4 Å². The van der Waals surface area contributed by atoms with Crippen LogP contribution in [-0.2, 0) is 27.2 Å². The molecule has 6 nitrogen and oxygen atoms in total. The smallest absolute Gasteiger partial charge is 0.224 e. The number of nitrogens with one attached hydrogen (secondary N) is 1. The third-order valence-electron chi connectivity index (χ3n) is 7.08. The van der Waals surface area contributed by atoms with Gasteiger partial charge in [-0.05, 0) is 56.1 Å². The fourth-order valence-electron chi connectivity index (χ4n) is 4.72. The maximum absolute atomic E-state index is 13.7. The maximum atomic E-state index is 13.7. The van der Waals surface area contributed by atoms with E-state index in [9.17, 15) is 14.4 Å². The number of Topliss-reactive ketones (excluding diaryl/α,β-unsaturated/α-hetero) is 2. The molecule has 0 aliphatic rings. The Morgan fingerprint density at radius 3 is 2.42 bits per heavy atom. The first-order valence-corrected chi connectivity index (χ1v) is 15.0. The minimum atomic E-state index is -0.518. The average Bonchev–Trinajstić information content (AvgIpc) is 3.32. The quantitative estimate of drug-likeness (QED) is 0.213. The molecule has 2 atom stereocenters. The number of hydrogen-bond acceptors (Lipinski definition) is 6. The zero-order valence-electron chi connectivity index (χ0n) is 24.5. The number of carbonyl (C=O) groups excluding carboxylic acids is 3. The zero-order chi connectivity index (χ0) is 29.2. The van der Waals surface area contributed by atoms with Gasteiger partial charge in [0.15, 0.2) is 5.78 Å². The van der Waals surface area contributed by atoms with Crippen LogP contribution < -0.4 is 5.32 Å². The standard InChI is InChI=1S/C33H43N3O3S/c1-7-28(37)18-26(20-32-35-29-15-13-25(22(2)3)19-31(29)40-32)33(39)34-27(17-24-11-9-8-10-12-24)14-16-30(38)23(4)21-36(5)6/h8-13,15,19,22,26-27H,4,7,14,16-18,20-21H2,1-3,5-6H3,(H,34,39)/t26-,27?/m0/s1. The molecular formula is C33H43N3O3S. The molecule has 0 aliphatic carbocycles. The molecule has 1 amide bonds. The van der Waals surface area contributed by atoms with Gasteiger partial charge in [0.1, 0.15) is 5.78 Å². The Kier molecular flexibility index (Phi) is 11.8. The number of benzene rings is 2. The predicted molar refractivity (Wildman–Crippen MR) is 165 cm³/mol. The topological polar surface area (TPSA) is 79.4 Å². The van der Waals surface area contributed by atoms with Gasteiger partial charge in [-0.2, -0.15) is 0 Å². The molecule has 40 heavy (non-hydrogen) atoms. The van der Waals surface area contributed by atoms with Crippen LogP contribution in [0.3, 0.4) is 0 Å². The molecule has 1 aromatic heterocycles. The predicted octanol–water partition coefficient (Wildman–Crippen LogP) is 6.14. The van der Waals surface area contributed by atoms with E-state index in [0.717, 1.165) is 20.8 Å². The molecule has 1 heterocycles. The molecule has 7 heteroatoms. The normalized spacial score (nSPS) is 13.0. The fraction of sp³-hybridized carbons (Fsp3) is 0.455.